The molecule has 0 amide bonds. The number of Topliss-reactive ketones (excluding diaryl/α,β-unsaturated/α-hetero) is 1. The number of hydrogen-bond acceptors (Lipinski definition) is 5. The Bertz CT molecular complexity index is 535. The number of carbonyl (C=O) groups is 2. The van der Waals surface area contributed by atoms with E-state index in [0.29, 0.717) is 12.2 Å². The molecule has 0 aromatic heterocycles. The van der Waals surface area contributed by atoms with E-state index in [-0.39, 0.29) is 18.1 Å². The van der Waals surface area contributed by atoms with Crippen LogP contribution in [0.25, 0.3) is 0 Å². The molecule has 0 radical (unpaired) electrons. The SMILES string of the molecule is C[C@H](OC(=O)C1=COCCO1)C(=O)c1ccc(Br)cc1. The van der Waals surface area contributed by atoms with Crippen molar-refractivity contribution >= 4 is 27.7 Å². The lowest BCUT2D eigenvalue weighted by Crippen LogP contribution is -2.27. The molecule has 0 fully saturated rings. The highest BCUT2D eigenvalue weighted by Gasteiger charge is 2.23. The van der Waals surface area contributed by atoms with Crippen molar-refractivity contribution in [3.05, 3.63) is 46.3 Å². The van der Waals surface area contributed by atoms with E-state index in [1.165, 1.54) is 13.2 Å². The molecule has 1 aliphatic heterocycles. The predicted molar refractivity (Wildman–Crippen MR) is 74.0 cm³/mol. The maximum Gasteiger partial charge on any atom is 0.377 e. The quantitative estimate of drug-likeness (QED) is 0.622. The van der Waals surface area contributed by atoms with Crippen LogP contribution in [0, 0.1) is 0 Å². The van der Waals surface area contributed by atoms with E-state index in [9.17, 15) is 9.59 Å². The molecule has 106 valence electrons. The summed E-state index contributed by atoms with van der Waals surface area (Å²) >= 11 is 3.29. The number of benzene rings is 1. The predicted octanol–water partition coefficient (Wildman–Crippen LogP) is 2.45. The largest absolute Gasteiger partial charge is 0.493 e. The molecule has 1 aliphatic rings. The first-order valence-corrected chi connectivity index (χ1v) is 6.82. The number of ketones is 1. The van der Waals surface area contributed by atoms with Gasteiger partial charge in [-0.1, -0.05) is 28.1 Å². The number of carbonyl (C=O) groups excluding carboxylic acids is 2. The number of hydrogen-bond donors (Lipinski definition) is 0. The molecule has 1 aromatic rings. The number of rotatable bonds is 4. The Morgan fingerprint density at radius 1 is 1.25 bits per heavy atom. The van der Waals surface area contributed by atoms with Crippen molar-refractivity contribution in [1.82, 2.24) is 0 Å². The molecule has 0 N–H and O–H groups in total. The van der Waals surface area contributed by atoms with Crippen LogP contribution in [-0.2, 0) is 19.0 Å². The van der Waals surface area contributed by atoms with Crippen LogP contribution in [-0.4, -0.2) is 31.1 Å². The van der Waals surface area contributed by atoms with Crippen molar-refractivity contribution in [2.45, 2.75) is 13.0 Å². The average molecular weight is 341 g/mol. The molecule has 2 rings (SSSR count). The summed E-state index contributed by atoms with van der Waals surface area (Å²) in [6, 6.07) is 6.83. The number of ether oxygens (including phenoxy) is 3. The van der Waals surface area contributed by atoms with Crippen molar-refractivity contribution in [1.29, 1.82) is 0 Å². The van der Waals surface area contributed by atoms with Gasteiger partial charge in [-0.2, -0.15) is 0 Å². The van der Waals surface area contributed by atoms with Crippen molar-refractivity contribution < 1.29 is 23.8 Å². The van der Waals surface area contributed by atoms with Crippen LogP contribution in [0.4, 0.5) is 0 Å². The van der Waals surface area contributed by atoms with E-state index in [1.807, 2.05) is 0 Å². The van der Waals surface area contributed by atoms with Gasteiger partial charge in [-0.05, 0) is 19.1 Å². The van der Waals surface area contributed by atoms with Crippen molar-refractivity contribution in [3.8, 4) is 0 Å². The minimum Gasteiger partial charge on any atom is -0.493 e. The van der Waals surface area contributed by atoms with Crippen molar-refractivity contribution in [2.24, 2.45) is 0 Å². The molecule has 6 heteroatoms. The summed E-state index contributed by atoms with van der Waals surface area (Å²) in [6.07, 6.45) is 0.304. The topological polar surface area (TPSA) is 61.8 Å². The second-order valence-corrected chi connectivity index (χ2v) is 5.04. The molecule has 0 aliphatic carbocycles. The lowest BCUT2D eigenvalue weighted by atomic mass is 10.1. The summed E-state index contributed by atoms with van der Waals surface area (Å²) in [7, 11) is 0. The Morgan fingerprint density at radius 2 is 1.95 bits per heavy atom. The lowest BCUT2D eigenvalue weighted by molar-refractivity contribution is -0.147. The summed E-state index contributed by atoms with van der Waals surface area (Å²) in [5.41, 5.74) is 0.475. The summed E-state index contributed by atoms with van der Waals surface area (Å²) in [6.45, 7) is 2.20. The van der Waals surface area contributed by atoms with Crippen LogP contribution in [0.2, 0.25) is 0 Å². The number of esters is 1. The average Bonchev–Trinajstić information content (AvgIpc) is 2.48. The third kappa shape index (κ3) is 3.60. The fourth-order valence-electron chi connectivity index (χ4n) is 1.60. The van der Waals surface area contributed by atoms with Gasteiger partial charge in [0.1, 0.15) is 19.5 Å². The van der Waals surface area contributed by atoms with Gasteiger partial charge in [0.15, 0.2) is 6.10 Å². The van der Waals surface area contributed by atoms with Gasteiger partial charge in [0, 0.05) is 10.0 Å². The van der Waals surface area contributed by atoms with E-state index >= 15 is 0 Å². The Hall–Kier alpha value is -1.82. The highest BCUT2D eigenvalue weighted by Crippen LogP contribution is 2.14. The van der Waals surface area contributed by atoms with Gasteiger partial charge in [-0.25, -0.2) is 4.79 Å². The standard InChI is InChI=1S/C14H13BrO5/c1-9(13(16)10-2-4-11(15)5-3-10)20-14(17)12-8-18-6-7-19-12/h2-5,8-9H,6-7H2,1H3/t9-/m0/s1. The second kappa shape index (κ2) is 6.56. The van der Waals surface area contributed by atoms with Gasteiger partial charge >= 0.3 is 5.97 Å². The third-order valence-corrected chi connectivity index (χ3v) is 3.16. The Labute approximate surface area is 124 Å². The van der Waals surface area contributed by atoms with E-state index in [2.05, 4.69) is 15.9 Å². The van der Waals surface area contributed by atoms with Gasteiger partial charge in [0.2, 0.25) is 11.5 Å². The van der Waals surface area contributed by atoms with E-state index in [0.717, 1.165) is 4.47 Å². The van der Waals surface area contributed by atoms with Gasteiger partial charge in [0.25, 0.3) is 0 Å². The van der Waals surface area contributed by atoms with Crippen LogP contribution < -0.4 is 0 Å². The molecule has 20 heavy (non-hydrogen) atoms. The minimum absolute atomic E-state index is 0.0216. The zero-order valence-electron chi connectivity index (χ0n) is 10.8. The fourth-order valence-corrected chi connectivity index (χ4v) is 1.86. The Balaban J connectivity index is 1.98. The molecular weight excluding hydrogens is 328 g/mol. The highest BCUT2D eigenvalue weighted by atomic mass is 79.9. The summed E-state index contributed by atoms with van der Waals surface area (Å²) in [5.74, 6) is -1.00. The van der Waals surface area contributed by atoms with Crippen LogP contribution >= 0.6 is 15.9 Å². The molecule has 5 nitrogen and oxygen atoms in total. The molecule has 0 bridgehead atoms. The molecular formula is C14H13BrO5. The smallest absolute Gasteiger partial charge is 0.377 e. The van der Waals surface area contributed by atoms with E-state index < -0.39 is 12.1 Å². The zero-order chi connectivity index (χ0) is 14.5. The second-order valence-electron chi connectivity index (χ2n) is 4.12. The Morgan fingerprint density at radius 3 is 2.55 bits per heavy atom. The lowest BCUT2D eigenvalue weighted by Gasteiger charge is -2.17. The summed E-state index contributed by atoms with van der Waals surface area (Å²) in [5, 5.41) is 0. The zero-order valence-corrected chi connectivity index (χ0v) is 12.4. The van der Waals surface area contributed by atoms with Crippen LogP contribution in [0.15, 0.2) is 40.8 Å². The van der Waals surface area contributed by atoms with Gasteiger partial charge < -0.3 is 14.2 Å². The normalized spacial score (nSPS) is 15.4. The molecule has 1 aromatic carbocycles. The van der Waals surface area contributed by atoms with E-state index in [4.69, 9.17) is 14.2 Å². The molecule has 0 unspecified atom stereocenters. The summed E-state index contributed by atoms with van der Waals surface area (Å²) < 4.78 is 16.0. The van der Waals surface area contributed by atoms with Gasteiger partial charge in [-0.15, -0.1) is 0 Å². The van der Waals surface area contributed by atoms with Crippen molar-refractivity contribution in [3.63, 3.8) is 0 Å². The minimum atomic E-state index is -0.893. The van der Waals surface area contributed by atoms with Crippen LogP contribution in [0.1, 0.15) is 17.3 Å². The monoisotopic (exact) mass is 340 g/mol. The molecule has 0 saturated heterocycles. The molecule has 0 spiro atoms. The maximum absolute atomic E-state index is 12.1. The Kier molecular flexibility index (Phi) is 4.79. The van der Waals surface area contributed by atoms with Crippen LogP contribution in [0.3, 0.4) is 0 Å². The maximum atomic E-state index is 12.1. The number of halogens is 1. The molecule has 0 saturated carbocycles. The van der Waals surface area contributed by atoms with Gasteiger partial charge in [-0.3, -0.25) is 4.79 Å². The van der Waals surface area contributed by atoms with Crippen molar-refractivity contribution in [2.75, 3.05) is 13.2 Å². The van der Waals surface area contributed by atoms with E-state index in [1.54, 1.807) is 24.3 Å². The molecule has 1 atom stereocenters. The fraction of sp³-hybridized carbons (Fsp3) is 0.286. The van der Waals surface area contributed by atoms with Crippen LogP contribution in [0.5, 0.6) is 0 Å². The summed E-state index contributed by atoms with van der Waals surface area (Å²) in [4.78, 5) is 23.8. The first kappa shape index (κ1) is 14.6. The highest BCUT2D eigenvalue weighted by molar-refractivity contribution is 9.10. The third-order valence-electron chi connectivity index (χ3n) is 2.63. The first-order valence-electron chi connectivity index (χ1n) is 6.03. The molecule has 1 heterocycles. The first-order chi connectivity index (χ1) is 9.58. The van der Waals surface area contributed by atoms with Gasteiger partial charge in [0.05, 0.1) is 0 Å².